The molecule has 1 aliphatic carbocycles. The molecule has 6 heteroatoms. The van der Waals surface area contributed by atoms with Crippen LogP contribution in [0.3, 0.4) is 0 Å². The molecule has 2 rings (SSSR count). The summed E-state index contributed by atoms with van der Waals surface area (Å²) >= 11 is 1.48. The normalized spacial score (nSPS) is 22.1. The molecule has 1 aromatic rings. The molecule has 1 saturated carbocycles. The Morgan fingerprint density at radius 3 is 2.55 bits per heavy atom. The number of hydrogen-bond donors (Lipinski definition) is 2. The molecule has 0 aliphatic heterocycles. The Labute approximate surface area is 134 Å². The van der Waals surface area contributed by atoms with Crippen molar-refractivity contribution in [3.63, 3.8) is 0 Å². The highest BCUT2D eigenvalue weighted by Crippen LogP contribution is 2.28. The third-order valence-corrected chi connectivity index (χ3v) is 4.98. The lowest BCUT2D eigenvalue weighted by atomic mass is 10.1. The van der Waals surface area contributed by atoms with Crippen molar-refractivity contribution in [2.45, 2.75) is 42.4 Å². The quantitative estimate of drug-likeness (QED) is 0.787. The monoisotopic (exact) mass is 323 g/mol. The molecule has 22 heavy (non-hydrogen) atoms. The first-order chi connectivity index (χ1) is 10.5. The van der Waals surface area contributed by atoms with E-state index in [9.17, 15) is 9.59 Å². The van der Waals surface area contributed by atoms with Crippen molar-refractivity contribution in [2.75, 3.05) is 7.11 Å². The number of carboxylic acid groups (broad SMARTS) is 1. The number of benzene rings is 1. The summed E-state index contributed by atoms with van der Waals surface area (Å²) in [6, 6.07) is 7.54. The van der Waals surface area contributed by atoms with Gasteiger partial charge >= 0.3 is 5.97 Å². The number of amides is 1. The average molecular weight is 323 g/mol. The molecule has 1 amide bonds. The second-order valence-corrected chi connectivity index (χ2v) is 6.90. The number of hydrogen-bond acceptors (Lipinski definition) is 4. The molecule has 0 spiro atoms. The van der Waals surface area contributed by atoms with E-state index >= 15 is 0 Å². The molecular formula is C16H21NO4S. The van der Waals surface area contributed by atoms with Crippen molar-refractivity contribution in [1.82, 2.24) is 5.32 Å². The van der Waals surface area contributed by atoms with E-state index in [0.29, 0.717) is 12.8 Å². The average Bonchev–Trinajstić information content (AvgIpc) is 2.96. The predicted octanol–water partition coefficient (Wildman–Crippen LogP) is 2.55. The van der Waals surface area contributed by atoms with Crippen LogP contribution in [0, 0.1) is 5.92 Å². The molecule has 1 aliphatic rings. The SMILES string of the molecule is COc1ccc(SC(C)C(=O)N[C@@H]2CC[C@H](C(=O)O)C2)cc1. The van der Waals surface area contributed by atoms with Gasteiger partial charge in [0.15, 0.2) is 0 Å². The maximum atomic E-state index is 12.2. The first-order valence-corrected chi connectivity index (χ1v) is 8.21. The van der Waals surface area contributed by atoms with Gasteiger partial charge in [0.1, 0.15) is 5.75 Å². The van der Waals surface area contributed by atoms with Gasteiger partial charge in [0.05, 0.1) is 18.3 Å². The standard InChI is InChI=1S/C16H21NO4S/c1-10(22-14-7-5-13(21-2)6-8-14)15(18)17-12-4-3-11(9-12)16(19)20/h5-8,10-12H,3-4,9H2,1-2H3,(H,17,18)(H,19,20)/t10?,11-,12+/m0/s1. The predicted molar refractivity (Wildman–Crippen MR) is 85.2 cm³/mol. The second kappa shape index (κ2) is 7.54. The molecule has 0 saturated heterocycles. The van der Waals surface area contributed by atoms with Crippen LogP contribution in [-0.4, -0.2) is 35.4 Å². The highest BCUT2D eigenvalue weighted by Gasteiger charge is 2.31. The summed E-state index contributed by atoms with van der Waals surface area (Å²) in [7, 11) is 1.62. The Morgan fingerprint density at radius 1 is 1.32 bits per heavy atom. The van der Waals surface area contributed by atoms with E-state index in [1.54, 1.807) is 7.11 Å². The van der Waals surface area contributed by atoms with Crippen LogP contribution < -0.4 is 10.1 Å². The molecule has 3 atom stereocenters. The Bertz CT molecular complexity index is 531. The minimum atomic E-state index is -0.766. The smallest absolute Gasteiger partial charge is 0.306 e. The van der Waals surface area contributed by atoms with E-state index in [2.05, 4.69) is 5.32 Å². The summed E-state index contributed by atoms with van der Waals surface area (Å²) < 4.78 is 5.10. The van der Waals surface area contributed by atoms with Crippen LogP contribution in [0.15, 0.2) is 29.2 Å². The van der Waals surface area contributed by atoms with Gasteiger partial charge in [-0.2, -0.15) is 0 Å². The van der Waals surface area contributed by atoms with Crippen molar-refractivity contribution < 1.29 is 19.4 Å². The minimum Gasteiger partial charge on any atom is -0.497 e. The molecule has 1 fully saturated rings. The fourth-order valence-electron chi connectivity index (χ4n) is 2.57. The number of thioether (sulfide) groups is 1. The van der Waals surface area contributed by atoms with E-state index in [1.807, 2.05) is 31.2 Å². The van der Waals surface area contributed by atoms with Crippen molar-refractivity contribution in [1.29, 1.82) is 0 Å². The van der Waals surface area contributed by atoms with Gasteiger partial charge in [-0.25, -0.2) is 0 Å². The van der Waals surface area contributed by atoms with Crippen LogP contribution in [0.25, 0.3) is 0 Å². The molecule has 2 N–H and O–H groups in total. The Kier molecular flexibility index (Phi) is 5.71. The van der Waals surface area contributed by atoms with Gasteiger partial charge in [0.2, 0.25) is 5.91 Å². The molecule has 0 radical (unpaired) electrons. The van der Waals surface area contributed by atoms with Crippen LogP contribution in [0.4, 0.5) is 0 Å². The van der Waals surface area contributed by atoms with E-state index in [-0.39, 0.29) is 23.1 Å². The molecule has 0 heterocycles. The Balaban J connectivity index is 1.83. The van der Waals surface area contributed by atoms with E-state index in [4.69, 9.17) is 9.84 Å². The van der Waals surface area contributed by atoms with Gasteiger partial charge in [-0.3, -0.25) is 9.59 Å². The number of carboxylic acids is 1. The number of methoxy groups -OCH3 is 1. The minimum absolute atomic E-state index is 0.0208. The highest BCUT2D eigenvalue weighted by atomic mass is 32.2. The van der Waals surface area contributed by atoms with E-state index in [1.165, 1.54) is 11.8 Å². The highest BCUT2D eigenvalue weighted by molar-refractivity contribution is 8.00. The maximum Gasteiger partial charge on any atom is 0.306 e. The third kappa shape index (κ3) is 4.40. The van der Waals surface area contributed by atoms with Gasteiger partial charge in [0.25, 0.3) is 0 Å². The number of ether oxygens (including phenoxy) is 1. The summed E-state index contributed by atoms with van der Waals surface area (Å²) in [5, 5.41) is 11.7. The van der Waals surface area contributed by atoms with Crippen molar-refractivity contribution in [3.05, 3.63) is 24.3 Å². The summed E-state index contributed by atoms with van der Waals surface area (Å²) in [5.74, 6) is -0.351. The van der Waals surface area contributed by atoms with Crippen LogP contribution in [-0.2, 0) is 9.59 Å². The van der Waals surface area contributed by atoms with Crippen molar-refractivity contribution >= 4 is 23.6 Å². The van der Waals surface area contributed by atoms with Gasteiger partial charge in [-0.05, 0) is 50.5 Å². The summed E-state index contributed by atoms with van der Waals surface area (Å²) in [6.45, 7) is 1.86. The van der Waals surface area contributed by atoms with Crippen molar-refractivity contribution in [2.24, 2.45) is 5.92 Å². The number of carbonyl (C=O) groups is 2. The zero-order valence-electron chi connectivity index (χ0n) is 12.7. The molecule has 0 aromatic heterocycles. The van der Waals surface area contributed by atoms with Crippen LogP contribution in [0.1, 0.15) is 26.2 Å². The van der Waals surface area contributed by atoms with E-state index < -0.39 is 5.97 Å². The third-order valence-electron chi connectivity index (χ3n) is 3.87. The van der Waals surface area contributed by atoms with E-state index in [0.717, 1.165) is 17.1 Å². The van der Waals surface area contributed by atoms with Crippen LogP contribution >= 0.6 is 11.8 Å². The fraction of sp³-hybridized carbons (Fsp3) is 0.500. The zero-order valence-corrected chi connectivity index (χ0v) is 13.6. The molecule has 0 bridgehead atoms. The summed E-state index contributed by atoms with van der Waals surface area (Å²) in [5.41, 5.74) is 0. The molecule has 120 valence electrons. The Hall–Kier alpha value is -1.69. The molecular weight excluding hydrogens is 302 g/mol. The number of carbonyl (C=O) groups excluding carboxylic acids is 1. The van der Waals surface area contributed by atoms with Crippen LogP contribution in [0.2, 0.25) is 0 Å². The lowest BCUT2D eigenvalue weighted by molar-refractivity contribution is -0.141. The number of aliphatic carboxylic acids is 1. The summed E-state index contributed by atoms with van der Waals surface area (Å²) in [4.78, 5) is 24.1. The molecule has 1 unspecified atom stereocenters. The number of nitrogens with one attached hydrogen (secondary N) is 1. The first-order valence-electron chi connectivity index (χ1n) is 7.33. The molecule has 5 nitrogen and oxygen atoms in total. The largest absolute Gasteiger partial charge is 0.497 e. The van der Waals surface area contributed by atoms with Crippen LogP contribution in [0.5, 0.6) is 5.75 Å². The number of rotatable bonds is 6. The lowest BCUT2D eigenvalue weighted by Crippen LogP contribution is -2.38. The lowest BCUT2D eigenvalue weighted by Gasteiger charge is -2.16. The van der Waals surface area contributed by atoms with Gasteiger partial charge in [-0.1, -0.05) is 0 Å². The zero-order chi connectivity index (χ0) is 16.1. The molecule has 1 aromatic carbocycles. The van der Waals surface area contributed by atoms with Crippen molar-refractivity contribution in [3.8, 4) is 5.75 Å². The maximum absolute atomic E-state index is 12.2. The fourth-order valence-corrected chi connectivity index (χ4v) is 3.44. The topological polar surface area (TPSA) is 75.6 Å². The second-order valence-electron chi connectivity index (χ2n) is 5.49. The first kappa shape index (κ1) is 16.7. The Morgan fingerprint density at radius 2 is 2.00 bits per heavy atom. The van der Waals surface area contributed by atoms with Gasteiger partial charge in [-0.15, -0.1) is 11.8 Å². The summed E-state index contributed by atoms with van der Waals surface area (Å²) in [6.07, 6.45) is 1.91. The van der Waals surface area contributed by atoms with Gasteiger partial charge in [0, 0.05) is 10.9 Å². The van der Waals surface area contributed by atoms with Gasteiger partial charge < -0.3 is 15.2 Å².